The van der Waals surface area contributed by atoms with Crippen molar-refractivity contribution in [2.75, 3.05) is 9.80 Å². The highest BCUT2D eigenvalue weighted by atomic mass is 15.2. The fraction of sp³-hybridized carbons (Fsp3) is 0.0625. The molecular weight excluding hydrogens is 797 g/mol. The topological polar surface area (TPSA) is 6.48 Å². The highest BCUT2D eigenvalue weighted by Crippen LogP contribution is 2.50. The van der Waals surface area contributed by atoms with Crippen LogP contribution in [0.3, 0.4) is 0 Å². The van der Waals surface area contributed by atoms with Gasteiger partial charge in [0.25, 0.3) is 0 Å². The Balaban J connectivity index is 1.11. The van der Waals surface area contributed by atoms with Crippen molar-refractivity contribution in [2.24, 2.45) is 0 Å². The maximum Gasteiger partial charge on any atom is 0.0493 e. The molecule has 2 heteroatoms. The molecule has 0 saturated heterocycles. The van der Waals surface area contributed by atoms with Crippen LogP contribution in [-0.2, 0) is 25.7 Å². The van der Waals surface area contributed by atoms with E-state index in [2.05, 4.69) is 240 Å². The highest BCUT2D eigenvalue weighted by molar-refractivity contribution is 6.23. The monoisotopic (exact) mass is 842 g/mol. The first-order valence-corrected chi connectivity index (χ1v) is 23.3. The molecule has 0 fully saturated rings. The van der Waals surface area contributed by atoms with Crippen molar-refractivity contribution < 1.29 is 0 Å². The predicted molar refractivity (Wildman–Crippen MR) is 279 cm³/mol. The van der Waals surface area contributed by atoms with Crippen molar-refractivity contribution in [3.63, 3.8) is 0 Å². The van der Waals surface area contributed by atoms with E-state index in [1.807, 2.05) is 0 Å². The number of aryl methyl sites for hydroxylation is 4. The van der Waals surface area contributed by atoms with Gasteiger partial charge in [-0.3, -0.25) is 0 Å². The molecule has 66 heavy (non-hydrogen) atoms. The van der Waals surface area contributed by atoms with Crippen LogP contribution < -0.4 is 9.80 Å². The number of rotatable bonds is 5. The average molecular weight is 843 g/mol. The van der Waals surface area contributed by atoms with Gasteiger partial charge in [0, 0.05) is 34.1 Å². The van der Waals surface area contributed by atoms with Crippen LogP contribution in [0.4, 0.5) is 34.1 Å². The van der Waals surface area contributed by atoms with Crippen LogP contribution >= 0.6 is 0 Å². The molecule has 0 bridgehead atoms. The molecule has 0 spiro atoms. The minimum absolute atomic E-state index is 1.00. The van der Waals surface area contributed by atoms with E-state index in [4.69, 9.17) is 0 Å². The number of para-hydroxylation sites is 4. The van der Waals surface area contributed by atoms with Gasteiger partial charge in [0.05, 0.1) is 0 Å². The normalized spacial score (nSPS) is 13.2. The fourth-order valence-electron chi connectivity index (χ4n) is 11.0. The Labute approximate surface area is 386 Å². The number of hydrogen-bond acceptors (Lipinski definition) is 2. The van der Waals surface area contributed by atoms with Gasteiger partial charge in [-0.25, -0.2) is 0 Å². The molecule has 2 heterocycles. The third-order valence-electron chi connectivity index (χ3n) is 14.2. The zero-order chi connectivity index (χ0) is 43.6. The minimum atomic E-state index is 1.00. The van der Waals surface area contributed by atoms with Crippen molar-refractivity contribution in [2.45, 2.75) is 25.7 Å². The van der Waals surface area contributed by atoms with Gasteiger partial charge in [0.2, 0.25) is 0 Å². The van der Waals surface area contributed by atoms with Crippen LogP contribution in [-0.4, -0.2) is 0 Å². The van der Waals surface area contributed by atoms with E-state index in [0.717, 1.165) is 37.1 Å². The van der Waals surface area contributed by atoms with E-state index in [9.17, 15) is 0 Å². The SMILES string of the molecule is c1ccc(-c2ccc3cc(-c4c5ccc(N6c7ccccc7CCc7ccccc76)cc5c(-c5ccccc5)c5ccc(N6c7ccccc7CCc7ccccc76)cc45)ccc3c2)cc1. The van der Waals surface area contributed by atoms with Gasteiger partial charge in [-0.05, 0) is 174 Å². The molecule has 0 amide bonds. The Morgan fingerprint density at radius 1 is 0.242 bits per heavy atom. The van der Waals surface area contributed by atoms with Crippen molar-refractivity contribution in [3.8, 4) is 33.4 Å². The van der Waals surface area contributed by atoms with Crippen LogP contribution in [0.1, 0.15) is 22.3 Å². The van der Waals surface area contributed by atoms with E-state index in [0.29, 0.717) is 0 Å². The second-order valence-corrected chi connectivity index (χ2v) is 17.9. The van der Waals surface area contributed by atoms with Gasteiger partial charge >= 0.3 is 0 Å². The molecule has 13 rings (SSSR count). The standard InChI is InChI=1S/C64H46N2/c1-3-15-43(16-4-1)49-31-32-51-40-52(34-33-50(51)39-49)64-56-38-36-53(65-59-23-11-7-17-44(59)27-28-45-18-8-12-24-60(45)65)41-57(56)63(48-21-5-2-6-22-48)55-37-35-54(42-58(55)64)66-61-25-13-9-19-46(61)29-30-47-20-10-14-26-62(47)66/h1-26,31-42H,27-30H2. The lowest BCUT2D eigenvalue weighted by Gasteiger charge is -2.29. The largest absolute Gasteiger partial charge is 0.310 e. The molecule has 2 aliphatic heterocycles. The van der Waals surface area contributed by atoms with Crippen molar-refractivity contribution in [3.05, 3.63) is 253 Å². The summed E-state index contributed by atoms with van der Waals surface area (Å²) < 4.78 is 0. The Morgan fingerprint density at radius 3 is 1.06 bits per heavy atom. The van der Waals surface area contributed by atoms with E-state index in [1.165, 1.54) is 111 Å². The Morgan fingerprint density at radius 2 is 0.606 bits per heavy atom. The molecule has 0 aliphatic carbocycles. The second kappa shape index (κ2) is 15.8. The summed E-state index contributed by atoms with van der Waals surface area (Å²) in [6.45, 7) is 0. The Bertz CT molecular complexity index is 3570. The van der Waals surface area contributed by atoms with E-state index < -0.39 is 0 Å². The predicted octanol–water partition coefficient (Wildman–Crippen LogP) is 17.3. The van der Waals surface area contributed by atoms with Gasteiger partial charge in [-0.2, -0.15) is 0 Å². The number of fused-ring (bicyclic) bond motifs is 7. The minimum Gasteiger partial charge on any atom is -0.310 e. The first kappa shape index (κ1) is 38.3. The maximum absolute atomic E-state index is 2.51. The summed E-state index contributed by atoms with van der Waals surface area (Å²) in [5.74, 6) is 0. The van der Waals surface area contributed by atoms with Gasteiger partial charge < -0.3 is 9.80 Å². The zero-order valence-corrected chi connectivity index (χ0v) is 36.7. The van der Waals surface area contributed by atoms with Gasteiger partial charge in [-0.15, -0.1) is 0 Å². The molecule has 2 nitrogen and oxygen atoms in total. The molecular formula is C64H46N2. The summed E-state index contributed by atoms with van der Waals surface area (Å²) in [7, 11) is 0. The summed E-state index contributed by atoms with van der Waals surface area (Å²) in [4.78, 5) is 5.02. The lowest BCUT2D eigenvalue weighted by Crippen LogP contribution is -2.12. The Kier molecular flexibility index (Phi) is 9.16. The summed E-state index contributed by atoms with van der Waals surface area (Å²) in [6.07, 6.45) is 4.01. The lowest BCUT2D eigenvalue weighted by molar-refractivity contribution is 0.977. The summed E-state index contributed by atoms with van der Waals surface area (Å²) >= 11 is 0. The summed E-state index contributed by atoms with van der Waals surface area (Å²) in [5.41, 5.74) is 20.1. The van der Waals surface area contributed by atoms with Crippen LogP contribution in [0, 0.1) is 0 Å². The van der Waals surface area contributed by atoms with E-state index >= 15 is 0 Å². The van der Waals surface area contributed by atoms with Crippen LogP contribution in [0.2, 0.25) is 0 Å². The smallest absolute Gasteiger partial charge is 0.0493 e. The van der Waals surface area contributed by atoms with Crippen molar-refractivity contribution in [1.29, 1.82) is 0 Å². The van der Waals surface area contributed by atoms with E-state index in [1.54, 1.807) is 0 Å². The number of anilines is 6. The molecule has 0 N–H and O–H groups in total. The Hall–Kier alpha value is -8.20. The molecule has 0 aromatic heterocycles. The van der Waals surface area contributed by atoms with Crippen LogP contribution in [0.15, 0.2) is 231 Å². The maximum atomic E-state index is 2.51. The van der Waals surface area contributed by atoms with Crippen molar-refractivity contribution >= 4 is 66.4 Å². The fourth-order valence-corrected chi connectivity index (χ4v) is 11.0. The zero-order valence-electron chi connectivity index (χ0n) is 36.7. The first-order valence-electron chi connectivity index (χ1n) is 23.3. The molecule has 11 aromatic carbocycles. The second-order valence-electron chi connectivity index (χ2n) is 17.9. The summed E-state index contributed by atoms with van der Waals surface area (Å²) in [5, 5.41) is 7.39. The van der Waals surface area contributed by atoms with Crippen LogP contribution in [0.25, 0.3) is 65.7 Å². The lowest BCUT2D eigenvalue weighted by atomic mass is 9.84. The summed E-state index contributed by atoms with van der Waals surface area (Å²) in [6, 6.07) is 86.1. The highest BCUT2D eigenvalue weighted by Gasteiger charge is 2.26. The number of hydrogen-bond donors (Lipinski definition) is 0. The third-order valence-corrected chi connectivity index (χ3v) is 14.2. The van der Waals surface area contributed by atoms with Gasteiger partial charge in [0.15, 0.2) is 0 Å². The van der Waals surface area contributed by atoms with Crippen molar-refractivity contribution in [1.82, 2.24) is 0 Å². The first-order chi connectivity index (χ1) is 32.7. The number of benzene rings is 11. The molecule has 2 aliphatic rings. The van der Waals surface area contributed by atoms with Crippen LogP contribution in [0.5, 0.6) is 0 Å². The van der Waals surface area contributed by atoms with Gasteiger partial charge in [0.1, 0.15) is 0 Å². The molecule has 312 valence electrons. The molecule has 0 unspecified atom stereocenters. The quantitative estimate of drug-likeness (QED) is 0.159. The van der Waals surface area contributed by atoms with Gasteiger partial charge in [-0.1, -0.05) is 170 Å². The third kappa shape index (κ3) is 6.40. The molecule has 0 atom stereocenters. The molecule has 11 aromatic rings. The van der Waals surface area contributed by atoms with E-state index in [-0.39, 0.29) is 0 Å². The number of nitrogens with zero attached hydrogens (tertiary/aromatic N) is 2. The average Bonchev–Trinajstić information content (AvgIpc) is 3.66. The molecule has 0 radical (unpaired) electrons. The molecule has 0 saturated carbocycles.